The van der Waals surface area contributed by atoms with Gasteiger partial charge in [-0.15, -0.1) is 0 Å². The lowest BCUT2D eigenvalue weighted by atomic mass is 10.0. The molecule has 112 valence electrons. The number of benzene rings is 1. The minimum Gasteiger partial charge on any atom is -0.491 e. The molecule has 1 aromatic carbocycles. The molecule has 0 bridgehead atoms. The summed E-state index contributed by atoms with van der Waals surface area (Å²) in [7, 11) is -2.95. The Hall–Kier alpha value is -1.43. The van der Waals surface area contributed by atoms with Crippen molar-refractivity contribution in [1.82, 2.24) is 0 Å². The van der Waals surface area contributed by atoms with Crippen molar-refractivity contribution in [1.29, 1.82) is 0 Å². The smallest absolute Gasteiger partial charge is 0.152 e. The maximum absolute atomic E-state index is 11.6. The van der Waals surface area contributed by atoms with Gasteiger partial charge in [0.05, 0.1) is 29.5 Å². The molecule has 1 fully saturated rings. The molecule has 0 amide bonds. The molecule has 2 rings (SSSR count). The van der Waals surface area contributed by atoms with E-state index in [-0.39, 0.29) is 11.5 Å². The molecule has 0 aromatic heterocycles. The molecule has 1 unspecified atom stereocenters. The van der Waals surface area contributed by atoms with Gasteiger partial charge in [0.1, 0.15) is 5.75 Å². The standard InChI is InChI=1S/C14H22N2O3S/c1-3-8-19-12-6-4-5-11(13(12)15)16-14(2)7-9-20(17,18)10-14/h4-6,16H,3,7-10,15H2,1-2H3. The largest absolute Gasteiger partial charge is 0.491 e. The highest BCUT2D eigenvalue weighted by Crippen LogP contribution is 2.34. The lowest BCUT2D eigenvalue weighted by Gasteiger charge is -2.26. The molecular weight excluding hydrogens is 276 g/mol. The van der Waals surface area contributed by atoms with Crippen molar-refractivity contribution in [3.8, 4) is 5.75 Å². The third-order valence-electron chi connectivity index (χ3n) is 3.47. The Morgan fingerprint density at radius 3 is 2.80 bits per heavy atom. The van der Waals surface area contributed by atoms with Crippen LogP contribution in [0.2, 0.25) is 0 Å². The molecule has 1 saturated heterocycles. The Morgan fingerprint density at radius 1 is 1.45 bits per heavy atom. The van der Waals surface area contributed by atoms with Gasteiger partial charge in [-0.25, -0.2) is 8.42 Å². The predicted octanol–water partition coefficient (Wildman–Crippen LogP) is 2.05. The summed E-state index contributed by atoms with van der Waals surface area (Å²) in [6, 6.07) is 5.53. The predicted molar refractivity (Wildman–Crippen MR) is 81.9 cm³/mol. The van der Waals surface area contributed by atoms with Gasteiger partial charge in [0.2, 0.25) is 0 Å². The number of nitrogens with two attached hydrogens (primary N) is 1. The van der Waals surface area contributed by atoms with E-state index in [2.05, 4.69) is 5.32 Å². The molecule has 20 heavy (non-hydrogen) atoms. The second kappa shape index (κ2) is 5.52. The van der Waals surface area contributed by atoms with E-state index in [1.807, 2.05) is 32.0 Å². The van der Waals surface area contributed by atoms with E-state index >= 15 is 0 Å². The van der Waals surface area contributed by atoms with Gasteiger partial charge >= 0.3 is 0 Å². The Bertz CT molecular complexity index is 586. The Morgan fingerprint density at radius 2 is 2.20 bits per heavy atom. The first-order valence-corrected chi connectivity index (χ1v) is 8.67. The first-order valence-electron chi connectivity index (χ1n) is 6.85. The van der Waals surface area contributed by atoms with Gasteiger partial charge < -0.3 is 15.8 Å². The second-order valence-electron chi connectivity index (χ2n) is 5.59. The molecule has 1 heterocycles. The van der Waals surface area contributed by atoms with Gasteiger partial charge in [-0.3, -0.25) is 0 Å². The lowest BCUT2D eigenvalue weighted by Crippen LogP contribution is -2.36. The zero-order valence-corrected chi connectivity index (χ0v) is 12.8. The van der Waals surface area contributed by atoms with Crippen molar-refractivity contribution in [3.63, 3.8) is 0 Å². The molecule has 1 aliphatic heterocycles. The van der Waals surface area contributed by atoms with Gasteiger partial charge in [-0.1, -0.05) is 13.0 Å². The number of rotatable bonds is 5. The fourth-order valence-electron chi connectivity index (χ4n) is 2.43. The van der Waals surface area contributed by atoms with Crippen LogP contribution in [0.15, 0.2) is 18.2 Å². The number of nitrogen functional groups attached to an aromatic ring is 1. The first-order chi connectivity index (χ1) is 9.35. The van der Waals surface area contributed by atoms with Gasteiger partial charge in [-0.05, 0) is 31.9 Å². The first kappa shape index (κ1) is 15.0. The number of nitrogens with one attached hydrogen (secondary N) is 1. The minimum atomic E-state index is -2.95. The SMILES string of the molecule is CCCOc1cccc(NC2(C)CCS(=O)(=O)C2)c1N. The maximum atomic E-state index is 11.6. The Kier molecular flexibility index (Phi) is 4.13. The second-order valence-corrected chi connectivity index (χ2v) is 7.78. The van der Waals surface area contributed by atoms with Crippen LogP contribution < -0.4 is 15.8 Å². The summed E-state index contributed by atoms with van der Waals surface area (Å²) < 4.78 is 28.8. The molecule has 5 nitrogen and oxygen atoms in total. The molecule has 1 aromatic rings. The average Bonchev–Trinajstić information content (AvgIpc) is 2.65. The van der Waals surface area contributed by atoms with Crippen LogP contribution in [0, 0.1) is 0 Å². The van der Waals surface area contributed by atoms with Gasteiger partial charge in [0.25, 0.3) is 0 Å². The van der Waals surface area contributed by atoms with E-state index < -0.39 is 15.4 Å². The monoisotopic (exact) mass is 298 g/mol. The number of anilines is 2. The minimum absolute atomic E-state index is 0.138. The normalized spacial score (nSPS) is 24.5. The molecule has 1 atom stereocenters. The van der Waals surface area contributed by atoms with Crippen LogP contribution in [0.3, 0.4) is 0 Å². The van der Waals surface area contributed by atoms with Gasteiger partial charge in [0.15, 0.2) is 9.84 Å². The molecule has 0 spiro atoms. The van der Waals surface area contributed by atoms with E-state index in [4.69, 9.17) is 10.5 Å². The molecule has 6 heteroatoms. The van der Waals surface area contributed by atoms with Crippen molar-refractivity contribution in [2.75, 3.05) is 29.2 Å². The van der Waals surface area contributed by atoms with Gasteiger partial charge in [-0.2, -0.15) is 0 Å². The van der Waals surface area contributed by atoms with Crippen LogP contribution in [-0.2, 0) is 9.84 Å². The number of hydrogen-bond acceptors (Lipinski definition) is 5. The van der Waals surface area contributed by atoms with E-state index in [1.165, 1.54) is 0 Å². The molecule has 0 saturated carbocycles. The van der Waals surface area contributed by atoms with Crippen molar-refractivity contribution >= 4 is 21.2 Å². The van der Waals surface area contributed by atoms with Crippen LogP contribution >= 0.6 is 0 Å². The van der Waals surface area contributed by atoms with E-state index in [1.54, 1.807) is 0 Å². The maximum Gasteiger partial charge on any atom is 0.152 e. The van der Waals surface area contributed by atoms with Crippen molar-refractivity contribution < 1.29 is 13.2 Å². The highest BCUT2D eigenvalue weighted by molar-refractivity contribution is 7.91. The van der Waals surface area contributed by atoms with Crippen LogP contribution in [0.25, 0.3) is 0 Å². The summed E-state index contributed by atoms with van der Waals surface area (Å²) in [6.45, 7) is 4.55. The molecule has 0 radical (unpaired) electrons. The average molecular weight is 298 g/mol. The van der Waals surface area contributed by atoms with E-state index in [9.17, 15) is 8.42 Å². The third kappa shape index (κ3) is 3.36. The van der Waals surface area contributed by atoms with Crippen LogP contribution in [0.5, 0.6) is 5.75 Å². The number of sulfone groups is 1. The van der Waals surface area contributed by atoms with E-state index in [0.29, 0.717) is 24.5 Å². The highest BCUT2D eigenvalue weighted by atomic mass is 32.2. The third-order valence-corrected chi connectivity index (χ3v) is 5.37. The summed E-state index contributed by atoms with van der Waals surface area (Å²) >= 11 is 0. The quantitative estimate of drug-likeness (QED) is 0.813. The fourth-order valence-corrected chi connectivity index (χ4v) is 4.52. The summed E-state index contributed by atoms with van der Waals surface area (Å²) in [6.07, 6.45) is 1.50. The highest BCUT2D eigenvalue weighted by Gasteiger charge is 2.38. The molecule has 0 aliphatic carbocycles. The number of ether oxygens (including phenoxy) is 1. The van der Waals surface area contributed by atoms with Crippen molar-refractivity contribution in [2.24, 2.45) is 0 Å². The summed E-state index contributed by atoms with van der Waals surface area (Å²) in [5.41, 5.74) is 6.90. The zero-order valence-electron chi connectivity index (χ0n) is 12.0. The Balaban J connectivity index is 2.18. The summed E-state index contributed by atoms with van der Waals surface area (Å²) in [4.78, 5) is 0. The zero-order chi connectivity index (χ0) is 14.8. The van der Waals surface area contributed by atoms with Crippen LogP contribution in [0.4, 0.5) is 11.4 Å². The lowest BCUT2D eigenvalue weighted by molar-refractivity contribution is 0.319. The van der Waals surface area contributed by atoms with Crippen molar-refractivity contribution in [3.05, 3.63) is 18.2 Å². The van der Waals surface area contributed by atoms with Gasteiger partial charge in [0, 0.05) is 5.54 Å². The molecule has 1 aliphatic rings. The van der Waals surface area contributed by atoms with Crippen LogP contribution in [0.1, 0.15) is 26.7 Å². The number of para-hydroxylation sites is 1. The Labute approximate surface area is 120 Å². The van der Waals surface area contributed by atoms with Crippen LogP contribution in [-0.4, -0.2) is 32.1 Å². The summed E-state index contributed by atoms with van der Waals surface area (Å²) in [5.74, 6) is 1.00. The van der Waals surface area contributed by atoms with E-state index in [0.717, 1.165) is 12.1 Å². The topological polar surface area (TPSA) is 81.4 Å². The van der Waals surface area contributed by atoms with Crippen molar-refractivity contribution in [2.45, 2.75) is 32.2 Å². The number of hydrogen-bond donors (Lipinski definition) is 2. The fraction of sp³-hybridized carbons (Fsp3) is 0.571. The molecule has 3 N–H and O–H groups in total. The molecular formula is C14H22N2O3S. The summed E-state index contributed by atoms with van der Waals surface area (Å²) in [5, 5.41) is 3.27.